The van der Waals surface area contributed by atoms with Crippen molar-refractivity contribution in [2.75, 3.05) is 18.8 Å². The lowest BCUT2D eigenvalue weighted by Gasteiger charge is -2.35. The van der Waals surface area contributed by atoms with Gasteiger partial charge in [0.05, 0.1) is 5.41 Å². The Morgan fingerprint density at radius 1 is 1.35 bits per heavy atom. The molecule has 3 N–H and O–H groups in total. The summed E-state index contributed by atoms with van der Waals surface area (Å²) in [5.41, 5.74) is 6.98. The van der Waals surface area contributed by atoms with Crippen LogP contribution in [0.15, 0.2) is 24.3 Å². The lowest BCUT2D eigenvalue weighted by atomic mass is 9.93. The molecule has 0 radical (unpaired) electrons. The van der Waals surface area contributed by atoms with Crippen molar-refractivity contribution in [1.82, 2.24) is 10.2 Å². The largest absolute Gasteiger partial charge is 0.399 e. The molecule has 1 aliphatic heterocycles. The Morgan fingerprint density at radius 3 is 2.60 bits per heavy atom. The minimum atomic E-state index is -0.431. The molecule has 1 heterocycles. The molecule has 5 heteroatoms. The Kier molecular flexibility index (Phi) is 2.92. The number of benzene rings is 1. The Morgan fingerprint density at radius 2 is 2.00 bits per heavy atom. The van der Waals surface area contributed by atoms with E-state index in [0.717, 1.165) is 18.4 Å². The number of nitrogens with one attached hydrogen (secondary N) is 1. The average Bonchev–Trinajstić information content (AvgIpc) is 3.23. The van der Waals surface area contributed by atoms with Crippen LogP contribution >= 0.6 is 0 Å². The number of carbonyl (C=O) groups is 2. The first-order valence-corrected chi connectivity index (χ1v) is 6.99. The predicted molar refractivity (Wildman–Crippen MR) is 76.0 cm³/mol. The fourth-order valence-corrected chi connectivity index (χ4v) is 2.89. The van der Waals surface area contributed by atoms with Gasteiger partial charge in [0.2, 0.25) is 11.8 Å². The fourth-order valence-electron chi connectivity index (χ4n) is 2.89. The molecule has 1 aliphatic carbocycles. The van der Waals surface area contributed by atoms with Crippen LogP contribution in [0.25, 0.3) is 0 Å². The molecule has 20 heavy (non-hydrogen) atoms. The number of hydrogen-bond donors (Lipinski definition) is 2. The van der Waals surface area contributed by atoms with Crippen LogP contribution in [0.3, 0.4) is 0 Å². The minimum absolute atomic E-state index is 0.0716. The maximum absolute atomic E-state index is 12.8. The topological polar surface area (TPSA) is 75.4 Å². The highest BCUT2D eigenvalue weighted by Crippen LogP contribution is 2.50. The van der Waals surface area contributed by atoms with E-state index < -0.39 is 5.41 Å². The van der Waals surface area contributed by atoms with E-state index in [1.807, 2.05) is 24.3 Å². The van der Waals surface area contributed by atoms with Crippen molar-refractivity contribution in [2.45, 2.75) is 31.2 Å². The van der Waals surface area contributed by atoms with Crippen LogP contribution in [0, 0.1) is 0 Å². The molecule has 1 aromatic carbocycles. The fraction of sp³-hybridized carbons (Fsp3) is 0.467. The molecule has 2 aliphatic rings. The number of carbonyl (C=O) groups excluding carboxylic acids is 2. The van der Waals surface area contributed by atoms with Crippen molar-refractivity contribution in [1.29, 1.82) is 0 Å². The SMILES string of the molecule is CC1C(=O)NCCN1C(=O)C1(c2ccc(N)cc2)CC1. The number of amides is 2. The Balaban J connectivity index is 1.86. The van der Waals surface area contributed by atoms with Gasteiger partial charge in [-0.3, -0.25) is 9.59 Å². The lowest BCUT2D eigenvalue weighted by molar-refractivity contribution is -0.144. The first kappa shape index (κ1) is 13.0. The zero-order valence-electron chi connectivity index (χ0n) is 11.6. The van der Waals surface area contributed by atoms with Crippen LogP contribution in [-0.2, 0) is 15.0 Å². The monoisotopic (exact) mass is 273 g/mol. The van der Waals surface area contributed by atoms with Crippen molar-refractivity contribution in [2.24, 2.45) is 0 Å². The number of nitrogen functional groups attached to an aromatic ring is 1. The molecular weight excluding hydrogens is 254 g/mol. The number of nitrogens with zero attached hydrogens (tertiary/aromatic N) is 1. The van der Waals surface area contributed by atoms with Gasteiger partial charge in [0.25, 0.3) is 0 Å². The molecule has 0 bridgehead atoms. The summed E-state index contributed by atoms with van der Waals surface area (Å²) in [6.45, 7) is 2.90. The van der Waals surface area contributed by atoms with Crippen molar-refractivity contribution >= 4 is 17.5 Å². The van der Waals surface area contributed by atoms with Gasteiger partial charge in [0, 0.05) is 18.8 Å². The Bertz CT molecular complexity index is 549. The second kappa shape index (κ2) is 4.51. The van der Waals surface area contributed by atoms with Gasteiger partial charge in [-0.15, -0.1) is 0 Å². The van der Waals surface area contributed by atoms with E-state index in [0.29, 0.717) is 18.8 Å². The normalized spacial score (nSPS) is 24.1. The molecule has 1 unspecified atom stereocenters. The van der Waals surface area contributed by atoms with Crippen LogP contribution in [0.1, 0.15) is 25.3 Å². The zero-order chi connectivity index (χ0) is 14.3. The summed E-state index contributed by atoms with van der Waals surface area (Å²) >= 11 is 0. The van der Waals surface area contributed by atoms with Gasteiger partial charge in [0.1, 0.15) is 6.04 Å². The highest BCUT2D eigenvalue weighted by Gasteiger charge is 2.54. The van der Waals surface area contributed by atoms with Crippen LogP contribution < -0.4 is 11.1 Å². The van der Waals surface area contributed by atoms with E-state index in [-0.39, 0.29) is 17.9 Å². The summed E-state index contributed by atoms with van der Waals surface area (Å²) in [5, 5.41) is 2.79. The van der Waals surface area contributed by atoms with Crippen molar-refractivity contribution in [3.05, 3.63) is 29.8 Å². The molecule has 2 amide bonds. The maximum atomic E-state index is 12.8. The first-order chi connectivity index (χ1) is 9.54. The number of rotatable bonds is 2. The molecule has 106 valence electrons. The smallest absolute Gasteiger partial charge is 0.242 e. The molecule has 2 fully saturated rings. The summed E-state index contributed by atoms with van der Waals surface area (Å²) < 4.78 is 0. The average molecular weight is 273 g/mol. The van der Waals surface area contributed by atoms with Gasteiger partial charge in [-0.1, -0.05) is 12.1 Å². The summed E-state index contributed by atoms with van der Waals surface area (Å²) in [4.78, 5) is 26.3. The third-order valence-corrected chi connectivity index (χ3v) is 4.38. The minimum Gasteiger partial charge on any atom is -0.399 e. The highest BCUT2D eigenvalue weighted by atomic mass is 16.2. The zero-order valence-corrected chi connectivity index (χ0v) is 11.6. The van der Waals surface area contributed by atoms with Gasteiger partial charge in [-0.05, 0) is 37.5 Å². The third kappa shape index (κ3) is 1.94. The van der Waals surface area contributed by atoms with E-state index in [1.165, 1.54) is 0 Å². The molecule has 1 saturated heterocycles. The maximum Gasteiger partial charge on any atom is 0.242 e. The van der Waals surface area contributed by atoms with E-state index in [2.05, 4.69) is 5.32 Å². The standard InChI is InChI=1S/C15H19N3O2/c1-10-13(19)17-8-9-18(10)14(20)15(6-7-15)11-2-4-12(16)5-3-11/h2-5,10H,6-9,16H2,1H3,(H,17,19). The van der Waals surface area contributed by atoms with Gasteiger partial charge >= 0.3 is 0 Å². The second-order valence-corrected chi connectivity index (χ2v) is 5.67. The van der Waals surface area contributed by atoms with Crippen LogP contribution in [-0.4, -0.2) is 35.8 Å². The summed E-state index contributed by atoms with van der Waals surface area (Å²) in [6.07, 6.45) is 1.70. The molecular formula is C15H19N3O2. The Labute approximate surface area is 118 Å². The highest BCUT2D eigenvalue weighted by molar-refractivity contribution is 5.95. The second-order valence-electron chi connectivity index (χ2n) is 5.67. The van der Waals surface area contributed by atoms with Crippen molar-refractivity contribution < 1.29 is 9.59 Å². The van der Waals surface area contributed by atoms with E-state index in [1.54, 1.807) is 11.8 Å². The molecule has 1 aromatic rings. The van der Waals surface area contributed by atoms with E-state index in [4.69, 9.17) is 5.73 Å². The van der Waals surface area contributed by atoms with Gasteiger partial charge in [-0.25, -0.2) is 0 Å². The molecule has 0 spiro atoms. The third-order valence-electron chi connectivity index (χ3n) is 4.38. The number of nitrogens with two attached hydrogens (primary N) is 1. The summed E-state index contributed by atoms with van der Waals surface area (Å²) in [5.74, 6) is 0.00216. The van der Waals surface area contributed by atoms with Gasteiger partial charge in [0.15, 0.2) is 0 Å². The van der Waals surface area contributed by atoms with Gasteiger partial charge < -0.3 is 16.0 Å². The summed E-state index contributed by atoms with van der Waals surface area (Å²) in [6, 6.07) is 7.12. The molecule has 0 aromatic heterocycles. The molecule has 1 saturated carbocycles. The number of hydrogen-bond acceptors (Lipinski definition) is 3. The molecule has 1 atom stereocenters. The summed E-state index contributed by atoms with van der Waals surface area (Å²) in [7, 11) is 0. The molecule has 3 rings (SSSR count). The quantitative estimate of drug-likeness (QED) is 0.777. The first-order valence-electron chi connectivity index (χ1n) is 6.99. The van der Waals surface area contributed by atoms with E-state index in [9.17, 15) is 9.59 Å². The lowest BCUT2D eigenvalue weighted by Crippen LogP contribution is -2.58. The number of anilines is 1. The predicted octanol–water partition coefficient (Wildman–Crippen LogP) is 0.647. The van der Waals surface area contributed by atoms with Crippen LogP contribution in [0.4, 0.5) is 5.69 Å². The number of piperazine rings is 1. The van der Waals surface area contributed by atoms with Crippen molar-refractivity contribution in [3.8, 4) is 0 Å². The molecule has 5 nitrogen and oxygen atoms in total. The van der Waals surface area contributed by atoms with Crippen LogP contribution in [0.2, 0.25) is 0 Å². The van der Waals surface area contributed by atoms with Crippen molar-refractivity contribution in [3.63, 3.8) is 0 Å². The van der Waals surface area contributed by atoms with Gasteiger partial charge in [-0.2, -0.15) is 0 Å². The van der Waals surface area contributed by atoms with E-state index >= 15 is 0 Å². The van der Waals surface area contributed by atoms with Crippen LogP contribution in [0.5, 0.6) is 0 Å². The Hall–Kier alpha value is -2.04.